The maximum atomic E-state index is 13.0. The molecule has 3 rings (SSSR count). The molecule has 0 unspecified atom stereocenters. The van der Waals surface area contributed by atoms with Crippen LogP contribution in [-0.4, -0.2) is 50.6 Å². The Hall–Kier alpha value is -1.77. The second kappa shape index (κ2) is 9.15. The van der Waals surface area contributed by atoms with E-state index in [9.17, 15) is 4.79 Å². The van der Waals surface area contributed by atoms with Crippen LogP contribution in [0.15, 0.2) is 39.3 Å². The molecule has 0 bridgehead atoms. The summed E-state index contributed by atoms with van der Waals surface area (Å²) in [5, 5.41) is 3.02. The van der Waals surface area contributed by atoms with Crippen LogP contribution in [0, 0.1) is 0 Å². The van der Waals surface area contributed by atoms with Gasteiger partial charge >= 0.3 is 0 Å². The summed E-state index contributed by atoms with van der Waals surface area (Å²) in [6.45, 7) is 7.05. The molecule has 0 saturated carbocycles. The molecule has 0 radical (unpaired) electrons. The van der Waals surface area contributed by atoms with Crippen molar-refractivity contribution in [1.29, 1.82) is 0 Å². The lowest BCUT2D eigenvalue weighted by atomic mass is 10.1. The molecule has 150 valence electrons. The molecular weight excluding hydrogens is 488 g/mol. The molecule has 1 fully saturated rings. The fourth-order valence-corrected chi connectivity index (χ4v) is 4.75. The Morgan fingerprint density at radius 1 is 1.18 bits per heavy atom. The lowest BCUT2D eigenvalue weighted by Gasteiger charge is -2.36. The monoisotopic (exact) mass is 510 g/mol. The van der Waals surface area contributed by atoms with Crippen molar-refractivity contribution in [2.45, 2.75) is 6.92 Å². The van der Waals surface area contributed by atoms with Gasteiger partial charge in [0.25, 0.3) is 5.91 Å². The SMILES string of the molecule is CCN1CCN(c2ccc(N)cc2NC(=O)c2cc(Br)cc(Br)c2OC)CC1. The highest BCUT2D eigenvalue weighted by Crippen LogP contribution is 2.35. The van der Waals surface area contributed by atoms with E-state index >= 15 is 0 Å². The highest BCUT2D eigenvalue weighted by Gasteiger charge is 2.21. The van der Waals surface area contributed by atoms with Crippen LogP contribution in [0.2, 0.25) is 0 Å². The van der Waals surface area contributed by atoms with Gasteiger partial charge < -0.3 is 25.6 Å². The first kappa shape index (κ1) is 21.0. The van der Waals surface area contributed by atoms with Gasteiger partial charge in [0.15, 0.2) is 0 Å². The zero-order valence-corrected chi connectivity index (χ0v) is 19.1. The van der Waals surface area contributed by atoms with Crippen molar-refractivity contribution in [3.05, 3.63) is 44.8 Å². The number of nitrogen functional groups attached to an aromatic ring is 1. The van der Waals surface area contributed by atoms with Crippen molar-refractivity contribution in [3.8, 4) is 5.75 Å². The molecule has 1 aliphatic heterocycles. The quantitative estimate of drug-likeness (QED) is 0.589. The average molecular weight is 512 g/mol. The first-order chi connectivity index (χ1) is 13.4. The molecular formula is C20H24Br2N4O2. The predicted molar refractivity (Wildman–Crippen MR) is 122 cm³/mol. The van der Waals surface area contributed by atoms with E-state index in [1.807, 2.05) is 18.2 Å². The highest BCUT2D eigenvalue weighted by atomic mass is 79.9. The van der Waals surface area contributed by atoms with E-state index in [0.29, 0.717) is 27.2 Å². The minimum Gasteiger partial charge on any atom is -0.495 e. The first-order valence-corrected chi connectivity index (χ1v) is 10.7. The third kappa shape index (κ3) is 4.61. The van der Waals surface area contributed by atoms with Crippen molar-refractivity contribution < 1.29 is 9.53 Å². The highest BCUT2D eigenvalue weighted by molar-refractivity contribution is 9.11. The zero-order valence-electron chi connectivity index (χ0n) is 16.0. The summed E-state index contributed by atoms with van der Waals surface area (Å²) in [4.78, 5) is 17.7. The summed E-state index contributed by atoms with van der Waals surface area (Å²) < 4.78 is 6.91. The van der Waals surface area contributed by atoms with E-state index in [2.05, 4.69) is 53.9 Å². The zero-order chi connectivity index (χ0) is 20.3. The molecule has 28 heavy (non-hydrogen) atoms. The van der Waals surface area contributed by atoms with Gasteiger partial charge in [-0.05, 0) is 52.8 Å². The number of carbonyl (C=O) groups is 1. The van der Waals surface area contributed by atoms with E-state index in [0.717, 1.165) is 42.9 Å². The third-order valence-electron chi connectivity index (χ3n) is 4.89. The number of likely N-dealkylation sites (N-methyl/N-ethyl adjacent to an activating group) is 1. The van der Waals surface area contributed by atoms with Gasteiger partial charge in [0.2, 0.25) is 0 Å². The molecule has 2 aromatic rings. The Bertz CT molecular complexity index is 868. The second-order valence-corrected chi connectivity index (χ2v) is 8.39. The summed E-state index contributed by atoms with van der Waals surface area (Å²) in [5.41, 5.74) is 8.72. The fraction of sp³-hybridized carbons (Fsp3) is 0.350. The molecule has 0 spiro atoms. The van der Waals surface area contributed by atoms with Gasteiger partial charge in [-0.3, -0.25) is 4.79 Å². The predicted octanol–water partition coefficient (Wildman–Crippen LogP) is 4.20. The van der Waals surface area contributed by atoms with Crippen molar-refractivity contribution >= 4 is 54.8 Å². The number of nitrogens with zero attached hydrogens (tertiary/aromatic N) is 2. The maximum absolute atomic E-state index is 13.0. The van der Waals surface area contributed by atoms with Gasteiger partial charge in [-0.15, -0.1) is 0 Å². The Kier molecular flexibility index (Phi) is 6.85. The number of nitrogens with two attached hydrogens (primary N) is 1. The third-order valence-corrected chi connectivity index (χ3v) is 5.93. The van der Waals surface area contributed by atoms with E-state index < -0.39 is 0 Å². The lowest BCUT2D eigenvalue weighted by molar-refractivity contribution is 0.102. The Balaban J connectivity index is 1.89. The summed E-state index contributed by atoms with van der Waals surface area (Å²) in [6, 6.07) is 9.23. The van der Waals surface area contributed by atoms with Crippen LogP contribution in [0.3, 0.4) is 0 Å². The number of hydrogen-bond donors (Lipinski definition) is 2. The van der Waals surface area contributed by atoms with E-state index in [4.69, 9.17) is 10.5 Å². The number of ether oxygens (including phenoxy) is 1. The van der Waals surface area contributed by atoms with E-state index in [1.165, 1.54) is 0 Å². The number of piperazine rings is 1. The van der Waals surface area contributed by atoms with Gasteiger partial charge in [-0.1, -0.05) is 22.9 Å². The van der Waals surface area contributed by atoms with Gasteiger partial charge in [0.05, 0.1) is 28.5 Å². The minimum absolute atomic E-state index is 0.252. The second-order valence-electron chi connectivity index (χ2n) is 6.62. The van der Waals surface area contributed by atoms with Crippen LogP contribution in [0.25, 0.3) is 0 Å². The standard InChI is InChI=1S/C20H24Br2N4O2/c1-3-25-6-8-26(9-7-25)18-5-4-14(23)12-17(18)24-20(27)15-10-13(21)11-16(22)19(15)28-2/h4-5,10-12H,3,6-9,23H2,1-2H3,(H,24,27). The molecule has 0 atom stereocenters. The van der Waals surface area contributed by atoms with Crippen LogP contribution in [0.5, 0.6) is 5.75 Å². The van der Waals surface area contributed by atoms with Crippen molar-refractivity contribution in [2.24, 2.45) is 0 Å². The first-order valence-electron chi connectivity index (χ1n) is 9.14. The normalized spacial score (nSPS) is 14.8. The number of nitrogens with one attached hydrogen (secondary N) is 1. The Morgan fingerprint density at radius 3 is 2.54 bits per heavy atom. The summed E-state index contributed by atoms with van der Waals surface area (Å²) in [5.74, 6) is 0.237. The molecule has 1 aliphatic rings. The molecule has 3 N–H and O–H groups in total. The molecule has 1 amide bonds. The van der Waals surface area contributed by atoms with Crippen molar-refractivity contribution in [2.75, 3.05) is 55.8 Å². The number of anilines is 3. The van der Waals surface area contributed by atoms with Gasteiger partial charge in [-0.2, -0.15) is 0 Å². The number of methoxy groups -OCH3 is 1. The van der Waals surface area contributed by atoms with Gasteiger partial charge in [0, 0.05) is 36.3 Å². The number of amides is 1. The van der Waals surface area contributed by atoms with Crippen LogP contribution >= 0.6 is 31.9 Å². The molecule has 2 aromatic carbocycles. The maximum Gasteiger partial charge on any atom is 0.259 e. The molecule has 8 heteroatoms. The number of benzene rings is 2. The minimum atomic E-state index is -0.252. The Morgan fingerprint density at radius 2 is 1.89 bits per heavy atom. The van der Waals surface area contributed by atoms with Crippen molar-refractivity contribution in [1.82, 2.24) is 4.90 Å². The summed E-state index contributed by atoms with van der Waals surface area (Å²) in [7, 11) is 1.55. The smallest absolute Gasteiger partial charge is 0.259 e. The van der Waals surface area contributed by atoms with E-state index in [-0.39, 0.29) is 5.91 Å². The summed E-state index contributed by atoms with van der Waals surface area (Å²) >= 11 is 6.88. The van der Waals surface area contributed by atoms with Crippen molar-refractivity contribution in [3.63, 3.8) is 0 Å². The molecule has 0 aliphatic carbocycles. The number of hydrogen-bond acceptors (Lipinski definition) is 5. The topological polar surface area (TPSA) is 70.8 Å². The van der Waals surface area contributed by atoms with Gasteiger partial charge in [-0.25, -0.2) is 0 Å². The molecule has 1 heterocycles. The van der Waals surface area contributed by atoms with Crippen LogP contribution < -0.4 is 20.7 Å². The van der Waals surface area contributed by atoms with Crippen LogP contribution in [0.1, 0.15) is 17.3 Å². The van der Waals surface area contributed by atoms with Crippen LogP contribution in [0.4, 0.5) is 17.1 Å². The lowest BCUT2D eigenvalue weighted by Crippen LogP contribution is -2.46. The number of halogens is 2. The summed E-state index contributed by atoms with van der Waals surface area (Å²) in [6.07, 6.45) is 0. The number of carbonyl (C=O) groups excluding carboxylic acids is 1. The number of rotatable bonds is 5. The largest absolute Gasteiger partial charge is 0.495 e. The molecule has 6 nitrogen and oxygen atoms in total. The Labute approximate surface area is 182 Å². The molecule has 0 aromatic heterocycles. The van der Waals surface area contributed by atoms with E-state index in [1.54, 1.807) is 19.2 Å². The van der Waals surface area contributed by atoms with Gasteiger partial charge in [0.1, 0.15) is 5.75 Å². The average Bonchev–Trinajstić information content (AvgIpc) is 2.67. The van der Waals surface area contributed by atoms with Crippen LogP contribution in [-0.2, 0) is 0 Å². The fourth-order valence-electron chi connectivity index (χ4n) is 3.36. The molecule has 1 saturated heterocycles.